The Bertz CT molecular complexity index is 527. The van der Waals surface area contributed by atoms with Gasteiger partial charge in [0.1, 0.15) is 0 Å². The number of thioether (sulfide) groups is 1. The first-order chi connectivity index (χ1) is 9.96. The van der Waals surface area contributed by atoms with Gasteiger partial charge in [-0.2, -0.15) is 16.9 Å². The van der Waals surface area contributed by atoms with E-state index < -0.39 is 0 Å². The zero-order valence-corrected chi connectivity index (χ0v) is 13.8. The van der Waals surface area contributed by atoms with Crippen LogP contribution in [0.5, 0.6) is 0 Å². The van der Waals surface area contributed by atoms with Gasteiger partial charge in [0.15, 0.2) is 0 Å². The van der Waals surface area contributed by atoms with Gasteiger partial charge in [-0.1, -0.05) is 0 Å². The maximum Gasteiger partial charge on any atom is 0.227 e. The zero-order chi connectivity index (χ0) is 15.0. The first-order valence-corrected chi connectivity index (χ1v) is 8.57. The predicted octanol–water partition coefficient (Wildman–Crippen LogP) is 1.08. The second-order valence-corrected chi connectivity index (χ2v) is 8.49. The van der Waals surface area contributed by atoms with Gasteiger partial charge < -0.3 is 10.2 Å². The van der Waals surface area contributed by atoms with Crippen molar-refractivity contribution in [3.8, 4) is 0 Å². The Morgan fingerprint density at radius 2 is 2.29 bits per heavy atom. The monoisotopic (exact) mass is 308 g/mol. The average molecular weight is 308 g/mol. The highest BCUT2D eigenvalue weighted by molar-refractivity contribution is 8.00. The molecule has 21 heavy (non-hydrogen) atoms. The summed E-state index contributed by atoms with van der Waals surface area (Å²) in [4.78, 5) is 15.0. The largest absolute Gasteiger partial charge is 0.340 e. The Balaban J connectivity index is 1.74. The molecule has 3 rings (SSSR count). The highest BCUT2D eigenvalue weighted by Crippen LogP contribution is 2.33. The summed E-state index contributed by atoms with van der Waals surface area (Å²) < 4.78 is 1.99. The van der Waals surface area contributed by atoms with E-state index in [0.29, 0.717) is 5.91 Å². The van der Waals surface area contributed by atoms with Gasteiger partial charge in [-0.15, -0.1) is 0 Å². The molecule has 2 fully saturated rings. The third-order valence-electron chi connectivity index (χ3n) is 4.42. The van der Waals surface area contributed by atoms with Crippen molar-refractivity contribution in [1.29, 1.82) is 0 Å². The third-order valence-corrected chi connectivity index (χ3v) is 5.72. The van der Waals surface area contributed by atoms with E-state index in [1.54, 1.807) is 0 Å². The molecule has 6 heteroatoms. The Kier molecular flexibility index (Phi) is 4.01. The zero-order valence-electron chi connectivity index (χ0n) is 13.0. The maximum atomic E-state index is 12.9. The minimum absolute atomic E-state index is 0.0492. The molecule has 0 spiro atoms. The van der Waals surface area contributed by atoms with Crippen LogP contribution in [0.25, 0.3) is 0 Å². The van der Waals surface area contributed by atoms with E-state index in [1.807, 2.05) is 35.9 Å². The Morgan fingerprint density at radius 3 is 2.95 bits per heavy atom. The molecular formula is C15H24N4OS. The lowest BCUT2D eigenvalue weighted by Crippen LogP contribution is -2.49. The second kappa shape index (κ2) is 5.65. The lowest BCUT2D eigenvalue weighted by Gasteiger charge is -2.39. The summed E-state index contributed by atoms with van der Waals surface area (Å²) in [6.07, 6.45) is 3.93. The normalized spacial score (nSPS) is 28.8. The molecule has 0 saturated carbocycles. The number of amides is 1. The van der Waals surface area contributed by atoms with Crippen molar-refractivity contribution >= 4 is 17.7 Å². The van der Waals surface area contributed by atoms with E-state index >= 15 is 0 Å². The van der Waals surface area contributed by atoms with Crippen molar-refractivity contribution in [3.63, 3.8) is 0 Å². The van der Waals surface area contributed by atoms with Crippen molar-refractivity contribution in [2.45, 2.75) is 24.5 Å². The van der Waals surface area contributed by atoms with Gasteiger partial charge in [0.2, 0.25) is 5.91 Å². The molecule has 2 atom stereocenters. The summed E-state index contributed by atoms with van der Waals surface area (Å²) in [5.41, 5.74) is 1.17. The summed E-state index contributed by atoms with van der Waals surface area (Å²) in [5, 5.41) is 7.63. The number of aromatic nitrogens is 2. The molecule has 116 valence electrons. The molecule has 0 bridgehead atoms. The molecule has 0 unspecified atom stereocenters. The average Bonchev–Trinajstić information content (AvgIpc) is 3.04. The Labute approximate surface area is 130 Å². The fourth-order valence-electron chi connectivity index (χ4n) is 3.36. The summed E-state index contributed by atoms with van der Waals surface area (Å²) in [5.74, 6) is 1.65. The van der Waals surface area contributed by atoms with Crippen LogP contribution in [0.1, 0.15) is 25.3 Å². The number of rotatable bonds is 2. The van der Waals surface area contributed by atoms with E-state index in [2.05, 4.69) is 29.2 Å². The number of carbonyl (C=O) groups excluding carboxylic acids is 1. The Hall–Kier alpha value is -1.01. The molecule has 5 nitrogen and oxygen atoms in total. The summed E-state index contributed by atoms with van der Waals surface area (Å²) in [7, 11) is 1.92. The van der Waals surface area contributed by atoms with Crippen LogP contribution in [-0.4, -0.2) is 57.3 Å². The topological polar surface area (TPSA) is 50.2 Å². The van der Waals surface area contributed by atoms with Crippen LogP contribution >= 0.6 is 11.8 Å². The highest BCUT2D eigenvalue weighted by atomic mass is 32.2. The molecule has 0 radical (unpaired) electrons. The van der Waals surface area contributed by atoms with Crippen LogP contribution in [0.2, 0.25) is 0 Å². The van der Waals surface area contributed by atoms with Crippen molar-refractivity contribution in [1.82, 2.24) is 20.0 Å². The highest BCUT2D eigenvalue weighted by Gasteiger charge is 2.39. The lowest BCUT2D eigenvalue weighted by molar-refractivity contribution is -0.135. The van der Waals surface area contributed by atoms with Gasteiger partial charge >= 0.3 is 0 Å². The molecule has 1 aromatic heterocycles. The van der Waals surface area contributed by atoms with Crippen molar-refractivity contribution in [2.24, 2.45) is 13.0 Å². The maximum absolute atomic E-state index is 12.9. The summed E-state index contributed by atoms with van der Waals surface area (Å²) in [6, 6.07) is 0. The number of nitrogens with zero attached hydrogens (tertiary/aromatic N) is 3. The van der Waals surface area contributed by atoms with Crippen LogP contribution in [0, 0.1) is 5.92 Å². The van der Waals surface area contributed by atoms with Gasteiger partial charge in [0.05, 0.1) is 12.1 Å². The Morgan fingerprint density at radius 1 is 1.48 bits per heavy atom. The van der Waals surface area contributed by atoms with E-state index in [4.69, 9.17) is 0 Å². The van der Waals surface area contributed by atoms with Gasteiger partial charge in [0.25, 0.3) is 0 Å². The van der Waals surface area contributed by atoms with E-state index in [-0.39, 0.29) is 16.6 Å². The molecular weight excluding hydrogens is 284 g/mol. The summed E-state index contributed by atoms with van der Waals surface area (Å²) >= 11 is 1.96. The number of aryl methyl sites for hydroxylation is 1. The lowest BCUT2D eigenvalue weighted by atomic mass is 9.89. The van der Waals surface area contributed by atoms with Crippen molar-refractivity contribution in [2.75, 3.05) is 31.9 Å². The first-order valence-electron chi connectivity index (χ1n) is 7.58. The molecule has 1 N–H and O–H groups in total. The number of nitrogens with one attached hydrogen (secondary N) is 1. The number of hydrogen-bond acceptors (Lipinski definition) is 4. The number of hydrogen-bond donors (Lipinski definition) is 1. The van der Waals surface area contributed by atoms with E-state index in [1.165, 1.54) is 5.56 Å². The van der Waals surface area contributed by atoms with Gasteiger partial charge in [-0.05, 0) is 19.4 Å². The van der Waals surface area contributed by atoms with Crippen LogP contribution in [0.15, 0.2) is 12.4 Å². The molecule has 0 aliphatic carbocycles. The fourth-order valence-corrected chi connectivity index (χ4v) is 4.47. The molecule has 3 heterocycles. The first kappa shape index (κ1) is 14.9. The summed E-state index contributed by atoms with van der Waals surface area (Å²) in [6.45, 7) is 7.83. The predicted molar refractivity (Wildman–Crippen MR) is 85.4 cm³/mol. The second-order valence-electron chi connectivity index (χ2n) is 6.69. The van der Waals surface area contributed by atoms with Gasteiger partial charge in [0, 0.05) is 55.8 Å². The van der Waals surface area contributed by atoms with Gasteiger partial charge in [-0.3, -0.25) is 9.48 Å². The standard InChI is InChI=1S/C15H24N4OS/c1-15(2)10-19(4-5-21-15)14(20)13-8-16-7-12(13)11-6-17-18(3)9-11/h6,9,12-13,16H,4-5,7-8,10H2,1-3H3/t12-,13+/m1/s1. The third kappa shape index (κ3) is 3.11. The minimum Gasteiger partial charge on any atom is -0.340 e. The number of carbonyl (C=O) groups is 1. The van der Waals surface area contributed by atoms with Crippen molar-refractivity contribution < 1.29 is 4.79 Å². The molecule has 2 saturated heterocycles. The molecule has 2 aliphatic rings. The molecule has 2 aliphatic heterocycles. The molecule has 0 aromatic carbocycles. The molecule has 1 aromatic rings. The van der Waals surface area contributed by atoms with Crippen LogP contribution in [0.4, 0.5) is 0 Å². The van der Waals surface area contributed by atoms with E-state index in [9.17, 15) is 4.79 Å². The van der Waals surface area contributed by atoms with Crippen LogP contribution in [0.3, 0.4) is 0 Å². The molecule has 1 amide bonds. The fraction of sp³-hybridized carbons (Fsp3) is 0.733. The van der Waals surface area contributed by atoms with Crippen molar-refractivity contribution in [3.05, 3.63) is 18.0 Å². The van der Waals surface area contributed by atoms with E-state index in [0.717, 1.165) is 31.9 Å². The quantitative estimate of drug-likeness (QED) is 0.888. The van der Waals surface area contributed by atoms with Crippen LogP contribution < -0.4 is 5.32 Å². The minimum atomic E-state index is 0.0492. The SMILES string of the molecule is Cn1cc([C@H]2CNC[C@@H]2C(=O)N2CCSC(C)(C)C2)cn1. The van der Waals surface area contributed by atoms with Crippen LogP contribution in [-0.2, 0) is 11.8 Å². The smallest absolute Gasteiger partial charge is 0.227 e. The van der Waals surface area contributed by atoms with Gasteiger partial charge in [-0.25, -0.2) is 0 Å².